The molecule has 0 fully saturated rings. The topological polar surface area (TPSA) is 47.6 Å². The molecule has 0 saturated carbocycles. The molecule has 0 bridgehead atoms. The lowest BCUT2D eigenvalue weighted by Gasteiger charge is -2.38. The zero-order valence-corrected chi connectivity index (χ0v) is 16.3. The third-order valence-corrected chi connectivity index (χ3v) is 4.88. The summed E-state index contributed by atoms with van der Waals surface area (Å²) >= 11 is 6.01. The Morgan fingerprint density at radius 1 is 1.27 bits per heavy atom. The Labute approximate surface area is 159 Å². The van der Waals surface area contributed by atoms with Gasteiger partial charge in [-0.15, -0.1) is 0 Å². The van der Waals surface area contributed by atoms with Crippen molar-refractivity contribution in [3.05, 3.63) is 58.1 Å². The van der Waals surface area contributed by atoms with Crippen LogP contribution in [-0.2, 0) is 4.79 Å². The Bertz CT molecular complexity index is 832. The first kappa shape index (κ1) is 18.6. The summed E-state index contributed by atoms with van der Waals surface area (Å²) in [7, 11) is 0. The number of fused-ring (bicyclic) bond motifs is 1. The molecule has 1 heterocycles. The van der Waals surface area contributed by atoms with E-state index >= 15 is 0 Å². The molecule has 4 nitrogen and oxygen atoms in total. The molecule has 1 atom stereocenters. The number of halogens is 1. The van der Waals surface area contributed by atoms with Crippen LogP contribution in [0.2, 0.25) is 5.02 Å². The van der Waals surface area contributed by atoms with E-state index in [4.69, 9.17) is 21.1 Å². The van der Waals surface area contributed by atoms with Gasteiger partial charge in [-0.1, -0.05) is 29.3 Å². The second-order valence-corrected chi connectivity index (χ2v) is 7.83. The molecule has 0 aromatic heterocycles. The summed E-state index contributed by atoms with van der Waals surface area (Å²) in [5.41, 5.74) is 2.73. The van der Waals surface area contributed by atoms with Gasteiger partial charge in [-0.05, 0) is 57.5 Å². The number of carbonyl (C=O) groups is 1. The summed E-state index contributed by atoms with van der Waals surface area (Å²) in [6, 6.07) is 11.3. The second kappa shape index (κ2) is 7.20. The maximum Gasteiger partial charge on any atom is 0.258 e. The summed E-state index contributed by atoms with van der Waals surface area (Å²) in [5, 5.41) is 3.76. The smallest absolute Gasteiger partial charge is 0.258 e. The zero-order chi connectivity index (χ0) is 18.9. The van der Waals surface area contributed by atoms with Crippen LogP contribution in [0.3, 0.4) is 0 Å². The highest BCUT2D eigenvalue weighted by atomic mass is 35.5. The molecule has 0 spiro atoms. The van der Waals surface area contributed by atoms with Gasteiger partial charge in [0.05, 0.1) is 6.04 Å². The van der Waals surface area contributed by atoms with Gasteiger partial charge in [-0.25, -0.2) is 0 Å². The van der Waals surface area contributed by atoms with Gasteiger partial charge in [0.2, 0.25) is 0 Å². The average Bonchev–Trinajstić information content (AvgIpc) is 2.56. The highest BCUT2D eigenvalue weighted by Crippen LogP contribution is 2.39. The number of amides is 1. The molecule has 0 aliphatic carbocycles. The number of hydrogen-bond donors (Lipinski definition) is 1. The fourth-order valence-corrected chi connectivity index (χ4v) is 3.31. The lowest BCUT2D eigenvalue weighted by atomic mass is 9.89. The van der Waals surface area contributed by atoms with Gasteiger partial charge in [0.25, 0.3) is 5.91 Å². The van der Waals surface area contributed by atoms with Gasteiger partial charge in [0.1, 0.15) is 17.1 Å². The van der Waals surface area contributed by atoms with E-state index in [1.807, 2.05) is 45.9 Å². The predicted molar refractivity (Wildman–Crippen MR) is 103 cm³/mol. The minimum absolute atomic E-state index is 0.0417. The first-order valence-electron chi connectivity index (χ1n) is 8.71. The molecule has 1 N–H and O–H groups in total. The van der Waals surface area contributed by atoms with E-state index in [9.17, 15) is 4.79 Å². The molecule has 0 saturated heterocycles. The van der Waals surface area contributed by atoms with Crippen LogP contribution >= 0.6 is 11.6 Å². The molecule has 2 aromatic rings. The summed E-state index contributed by atoms with van der Waals surface area (Å²) in [6.07, 6.45) is 0.704. The summed E-state index contributed by atoms with van der Waals surface area (Å²) < 4.78 is 11.7. The number of aryl methyl sites for hydroxylation is 2. The van der Waals surface area contributed by atoms with Crippen LogP contribution in [0.5, 0.6) is 11.5 Å². The zero-order valence-electron chi connectivity index (χ0n) is 15.6. The van der Waals surface area contributed by atoms with Crippen molar-refractivity contribution >= 4 is 17.5 Å². The maximum atomic E-state index is 12.4. The monoisotopic (exact) mass is 373 g/mol. The minimum Gasteiger partial charge on any atom is -0.487 e. The molecule has 138 valence electrons. The standard InChI is InChI=1S/C21H24ClNO3/c1-13-5-8-19-16(9-13)18(11-21(3,4)26-19)23-20(24)12-25-15-6-7-17(22)14(2)10-15/h5-10,18H,11-12H2,1-4H3,(H,23,24). The van der Waals surface area contributed by atoms with Crippen molar-refractivity contribution in [3.8, 4) is 11.5 Å². The fraction of sp³-hybridized carbons (Fsp3) is 0.381. The molecule has 26 heavy (non-hydrogen) atoms. The van der Waals surface area contributed by atoms with Crippen molar-refractivity contribution in [1.82, 2.24) is 5.32 Å². The highest BCUT2D eigenvalue weighted by Gasteiger charge is 2.34. The van der Waals surface area contributed by atoms with Crippen molar-refractivity contribution in [3.63, 3.8) is 0 Å². The van der Waals surface area contributed by atoms with Crippen LogP contribution < -0.4 is 14.8 Å². The Hall–Kier alpha value is -2.20. The van der Waals surface area contributed by atoms with Gasteiger partial charge in [-0.2, -0.15) is 0 Å². The van der Waals surface area contributed by atoms with Crippen LogP contribution in [0.25, 0.3) is 0 Å². The Morgan fingerprint density at radius 2 is 2.04 bits per heavy atom. The molecule has 1 aliphatic heterocycles. The van der Waals surface area contributed by atoms with Crippen molar-refractivity contribution in [2.24, 2.45) is 0 Å². The first-order chi connectivity index (χ1) is 12.2. The van der Waals surface area contributed by atoms with Crippen LogP contribution in [0.4, 0.5) is 0 Å². The van der Waals surface area contributed by atoms with E-state index in [1.54, 1.807) is 12.1 Å². The normalized spacial score (nSPS) is 17.8. The number of hydrogen-bond acceptors (Lipinski definition) is 3. The largest absolute Gasteiger partial charge is 0.487 e. The van der Waals surface area contributed by atoms with Crippen molar-refractivity contribution in [2.75, 3.05) is 6.61 Å². The molecule has 2 aromatic carbocycles. The van der Waals surface area contributed by atoms with Crippen LogP contribution in [0, 0.1) is 13.8 Å². The van der Waals surface area contributed by atoms with Gasteiger partial charge < -0.3 is 14.8 Å². The van der Waals surface area contributed by atoms with Crippen LogP contribution in [0.15, 0.2) is 36.4 Å². The van der Waals surface area contributed by atoms with E-state index in [1.165, 1.54) is 0 Å². The number of nitrogens with one attached hydrogen (secondary N) is 1. The molecular formula is C21H24ClNO3. The van der Waals surface area contributed by atoms with Gasteiger partial charge in [0, 0.05) is 17.0 Å². The molecule has 3 rings (SSSR count). The summed E-state index contributed by atoms with van der Waals surface area (Å²) in [6.45, 7) is 7.95. The lowest BCUT2D eigenvalue weighted by Crippen LogP contribution is -2.42. The van der Waals surface area contributed by atoms with Gasteiger partial charge >= 0.3 is 0 Å². The van der Waals surface area contributed by atoms with Crippen molar-refractivity contribution in [2.45, 2.75) is 45.8 Å². The number of ether oxygens (including phenoxy) is 2. The van der Waals surface area contributed by atoms with E-state index in [2.05, 4.69) is 11.4 Å². The van der Waals surface area contributed by atoms with Gasteiger partial charge in [-0.3, -0.25) is 4.79 Å². The quantitative estimate of drug-likeness (QED) is 0.840. The number of carbonyl (C=O) groups excluding carboxylic acids is 1. The number of benzene rings is 2. The Kier molecular flexibility index (Phi) is 5.15. The summed E-state index contributed by atoms with van der Waals surface area (Å²) in [5.74, 6) is 1.30. The van der Waals surface area contributed by atoms with Crippen molar-refractivity contribution in [1.29, 1.82) is 0 Å². The van der Waals surface area contributed by atoms with E-state index in [-0.39, 0.29) is 24.2 Å². The molecular weight excluding hydrogens is 350 g/mol. The Balaban J connectivity index is 1.68. The molecule has 0 radical (unpaired) electrons. The highest BCUT2D eigenvalue weighted by molar-refractivity contribution is 6.31. The van der Waals surface area contributed by atoms with E-state index in [0.717, 1.165) is 22.4 Å². The third kappa shape index (κ3) is 4.31. The average molecular weight is 374 g/mol. The lowest BCUT2D eigenvalue weighted by molar-refractivity contribution is -0.124. The molecule has 1 aliphatic rings. The van der Waals surface area contributed by atoms with Crippen LogP contribution in [0.1, 0.15) is 43.0 Å². The van der Waals surface area contributed by atoms with E-state index in [0.29, 0.717) is 17.2 Å². The van der Waals surface area contributed by atoms with Crippen molar-refractivity contribution < 1.29 is 14.3 Å². The second-order valence-electron chi connectivity index (χ2n) is 7.43. The molecule has 1 amide bonds. The minimum atomic E-state index is -0.339. The molecule has 5 heteroatoms. The van der Waals surface area contributed by atoms with Gasteiger partial charge in [0.15, 0.2) is 6.61 Å². The fourth-order valence-electron chi connectivity index (χ4n) is 3.19. The molecule has 1 unspecified atom stereocenters. The predicted octanol–water partition coefficient (Wildman–Crippen LogP) is 4.75. The SMILES string of the molecule is Cc1ccc2c(c1)C(NC(=O)COc1ccc(Cl)c(C)c1)CC(C)(C)O2. The first-order valence-corrected chi connectivity index (χ1v) is 9.09. The summed E-state index contributed by atoms with van der Waals surface area (Å²) in [4.78, 5) is 12.4. The third-order valence-electron chi connectivity index (χ3n) is 4.46. The Morgan fingerprint density at radius 3 is 2.77 bits per heavy atom. The number of rotatable bonds is 4. The van der Waals surface area contributed by atoms with E-state index < -0.39 is 0 Å². The van der Waals surface area contributed by atoms with Crippen LogP contribution in [-0.4, -0.2) is 18.1 Å². The maximum absolute atomic E-state index is 12.4.